The molecular formula is C10H12Cl3N. The minimum atomic E-state index is 0. The summed E-state index contributed by atoms with van der Waals surface area (Å²) in [5, 5.41) is 1.49. The van der Waals surface area contributed by atoms with E-state index >= 15 is 0 Å². The summed E-state index contributed by atoms with van der Waals surface area (Å²) < 4.78 is 0. The first-order valence-corrected chi connectivity index (χ1v) is 5.10. The smallest absolute Gasteiger partial charge is 0.0459 e. The van der Waals surface area contributed by atoms with Crippen molar-refractivity contribution < 1.29 is 0 Å². The van der Waals surface area contributed by atoms with Gasteiger partial charge in [-0.1, -0.05) is 29.3 Å². The van der Waals surface area contributed by atoms with Crippen molar-refractivity contribution >= 4 is 35.6 Å². The van der Waals surface area contributed by atoms with E-state index in [1.54, 1.807) is 0 Å². The molecule has 14 heavy (non-hydrogen) atoms. The molecule has 0 saturated heterocycles. The highest BCUT2D eigenvalue weighted by atomic mass is 35.5. The molecule has 0 aromatic heterocycles. The van der Waals surface area contributed by atoms with Gasteiger partial charge in [0.25, 0.3) is 0 Å². The van der Waals surface area contributed by atoms with Crippen molar-refractivity contribution in [2.45, 2.75) is 18.3 Å². The lowest BCUT2D eigenvalue weighted by atomic mass is 9.96. The van der Waals surface area contributed by atoms with Gasteiger partial charge >= 0.3 is 0 Å². The second-order valence-electron chi connectivity index (χ2n) is 3.58. The van der Waals surface area contributed by atoms with Crippen molar-refractivity contribution in [3.05, 3.63) is 33.8 Å². The Morgan fingerprint density at radius 1 is 1.21 bits per heavy atom. The van der Waals surface area contributed by atoms with Crippen LogP contribution in [-0.4, -0.2) is 6.54 Å². The van der Waals surface area contributed by atoms with Gasteiger partial charge in [0, 0.05) is 22.0 Å². The SMILES string of the molecule is Cl.NCC1(c2c(Cl)cccc2Cl)CC1. The highest BCUT2D eigenvalue weighted by molar-refractivity contribution is 6.36. The summed E-state index contributed by atoms with van der Waals surface area (Å²) in [5.74, 6) is 0. The normalized spacial score (nSPS) is 17.4. The number of rotatable bonds is 2. The van der Waals surface area contributed by atoms with E-state index in [-0.39, 0.29) is 17.8 Å². The van der Waals surface area contributed by atoms with Crippen LogP contribution in [0.3, 0.4) is 0 Å². The third-order valence-electron chi connectivity index (χ3n) is 2.74. The van der Waals surface area contributed by atoms with Gasteiger partial charge in [0.1, 0.15) is 0 Å². The van der Waals surface area contributed by atoms with Gasteiger partial charge < -0.3 is 5.73 Å². The van der Waals surface area contributed by atoms with Crippen LogP contribution < -0.4 is 5.73 Å². The molecule has 0 bridgehead atoms. The molecule has 1 aromatic rings. The molecule has 2 N–H and O–H groups in total. The van der Waals surface area contributed by atoms with E-state index in [9.17, 15) is 0 Å². The highest BCUT2D eigenvalue weighted by Crippen LogP contribution is 2.51. The molecule has 78 valence electrons. The van der Waals surface area contributed by atoms with Gasteiger partial charge in [-0.05, 0) is 30.5 Å². The number of halogens is 3. The Bertz CT molecular complexity index is 314. The number of hydrogen-bond donors (Lipinski definition) is 1. The molecule has 0 amide bonds. The van der Waals surface area contributed by atoms with Crippen molar-refractivity contribution in [2.24, 2.45) is 5.73 Å². The van der Waals surface area contributed by atoms with Crippen molar-refractivity contribution in [1.82, 2.24) is 0 Å². The lowest BCUT2D eigenvalue weighted by Crippen LogP contribution is -2.20. The fourth-order valence-corrected chi connectivity index (χ4v) is 2.51. The Hall–Kier alpha value is 0.0500. The minimum Gasteiger partial charge on any atom is -0.330 e. The summed E-state index contributed by atoms with van der Waals surface area (Å²) in [6.45, 7) is 0.635. The van der Waals surface area contributed by atoms with Crippen LogP contribution in [0.5, 0.6) is 0 Å². The minimum absolute atomic E-state index is 0. The molecule has 0 unspecified atom stereocenters. The average molecular weight is 253 g/mol. The monoisotopic (exact) mass is 251 g/mol. The standard InChI is InChI=1S/C10H11Cl2N.ClH/c11-7-2-1-3-8(12)9(7)10(6-13)4-5-10;/h1-3H,4-6,13H2;1H. The maximum atomic E-state index is 6.09. The summed E-state index contributed by atoms with van der Waals surface area (Å²) in [7, 11) is 0. The molecule has 1 aromatic carbocycles. The number of hydrogen-bond acceptors (Lipinski definition) is 1. The van der Waals surface area contributed by atoms with E-state index in [2.05, 4.69) is 0 Å². The first-order chi connectivity index (χ1) is 6.19. The van der Waals surface area contributed by atoms with Crippen molar-refractivity contribution in [1.29, 1.82) is 0 Å². The predicted octanol–water partition coefficient (Wildman–Crippen LogP) is 3.41. The average Bonchev–Trinajstić information content (AvgIpc) is 2.85. The molecule has 1 nitrogen and oxygen atoms in total. The Kier molecular flexibility index (Phi) is 3.70. The Labute approximate surface area is 100.0 Å². The Balaban J connectivity index is 0.000000980. The quantitative estimate of drug-likeness (QED) is 0.858. The summed E-state index contributed by atoms with van der Waals surface area (Å²) in [6, 6.07) is 5.61. The van der Waals surface area contributed by atoms with E-state index in [1.165, 1.54) is 0 Å². The van der Waals surface area contributed by atoms with E-state index in [4.69, 9.17) is 28.9 Å². The second-order valence-corrected chi connectivity index (χ2v) is 4.40. The number of benzene rings is 1. The molecule has 0 radical (unpaired) electrons. The predicted molar refractivity (Wildman–Crippen MR) is 63.7 cm³/mol. The molecule has 1 aliphatic carbocycles. The fraction of sp³-hybridized carbons (Fsp3) is 0.400. The number of nitrogens with two attached hydrogens (primary N) is 1. The lowest BCUT2D eigenvalue weighted by Gasteiger charge is -2.16. The zero-order valence-electron chi connectivity index (χ0n) is 7.59. The largest absolute Gasteiger partial charge is 0.330 e. The van der Waals surface area contributed by atoms with Crippen molar-refractivity contribution in [2.75, 3.05) is 6.54 Å². The summed E-state index contributed by atoms with van der Waals surface area (Å²) in [4.78, 5) is 0. The topological polar surface area (TPSA) is 26.0 Å². The molecule has 4 heteroatoms. The molecule has 0 spiro atoms. The van der Waals surface area contributed by atoms with Crippen LogP contribution in [0.4, 0.5) is 0 Å². The fourth-order valence-electron chi connectivity index (χ4n) is 1.71. The van der Waals surface area contributed by atoms with Crippen LogP contribution in [0.1, 0.15) is 18.4 Å². The van der Waals surface area contributed by atoms with Gasteiger partial charge in [-0.25, -0.2) is 0 Å². The molecule has 1 aliphatic rings. The van der Waals surface area contributed by atoms with Crippen LogP contribution >= 0.6 is 35.6 Å². The molecule has 1 saturated carbocycles. The van der Waals surface area contributed by atoms with Crippen LogP contribution in [0, 0.1) is 0 Å². The zero-order valence-corrected chi connectivity index (χ0v) is 9.92. The molecule has 1 fully saturated rings. The van der Waals surface area contributed by atoms with Gasteiger partial charge in [0.2, 0.25) is 0 Å². The lowest BCUT2D eigenvalue weighted by molar-refractivity contribution is 0.705. The van der Waals surface area contributed by atoms with E-state index in [0.717, 1.165) is 28.5 Å². The van der Waals surface area contributed by atoms with Crippen molar-refractivity contribution in [3.8, 4) is 0 Å². The molecule has 0 aliphatic heterocycles. The van der Waals surface area contributed by atoms with Crippen LogP contribution in [0.2, 0.25) is 10.0 Å². The summed E-state index contributed by atoms with van der Waals surface area (Å²) >= 11 is 12.2. The Morgan fingerprint density at radius 2 is 1.71 bits per heavy atom. The third kappa shape index (κ3) is 1.87. The van der Waals surface area contributed by atoms with Crippen LogP contribution in [0.15, 0.2) is 18.2 Å². The second kappa shape index (κ2) is 4.28. The molecule has 0 atom stereocenters. The van der Waals surface area contributed by atoms with Gasteiger partial charge in [0.15, 0.2) is 0 Å². The van der Waals surface area contributed by atoms with Crippen LogP contribution in [-0.2, 0) is 5.41 Å². The van der Waals surface area contributed by atoms with Gasteiger partial charge in [-0.15, -0.1) is 12.4 Å². The molecular weight excluding hydrogens is 240 g/mol. The molecule has 2 rings (SSSR count). The maximum Gasteiger partial charge on any atom is 0.0459 e. The molecule has 0 heterocycles. The van der Waals surface area contributed by atoms with Gasteiger partial charge in [0.05, 0.1) is 0 Å². The summed E-state index contributed by atoms with van der Waals surface area (Å²) in [6.07, 6.45) is 2.21. The highest BCUT2D eigenvalue weighted by Gasteiger charge is 2.45. The van der Waals surface area contributed by atoms with Crippen molar-refractivity contribution in [3.63, 3.8) is 0 Å². The van der Waals surface area contributed by atoms with Gasteiger partial charge in [-0.3, -0.25) is 0 Å². The van der Waals surface area contributed by atoms with Crippen LogP contribution in [0.25, 0.3) is 0 Å². The maximum absolute atomic E-state index is 6.09. The Morgan fingerprint density at radius 3 is 2.07 bits per heavy atom. The third-order valence-corrected chi connectivity index (χ3v) is 3.37. The van der Waals surface area contributed by atoms with E-state index < -0.39 is 0 Å². The summed E-state index contributed by atoms with van der Waals surface area (Å²) in [5.41, 5.74) is 6.84. The zero-order chi connectivity index (χ0) is 9.47. The van der Waals surface area contributed by atoms with E-state index in [1.807, 2.05) is 18.2 Å². The van der Waals surface area contributed by atoms with E-state index in [0.29, 0.717) is 6.54 Å². The first kappa shape index (κ1) is 12.1. The van der Waals surface area contributed by atoms with Gasteiger partial charge in [-0.2, -0.15) is 0 Å². The first-order valence-electron chi connectivity index (χ1n) is 4.34.